The highest BCUT2D eigenvalue weighted by Gasteiger charge is 2.18. The van der Waals surface area contributed by atoms with E-state index in [1.54, 1.807) is 24.3 Å². The second kappa shape index (κ2) is 6.01. The third kappa shape index (κ3) is 2.69. The molecule has 6 heteroatoms. The highest BCUT2D eigenvalue weighted by atomic mass is 35.5. The van der Waals surface area contributed by atoms with Crippen molar-refractivity contribution in [2.75, 3.05) is 13.1 Å². The summed E-state index contributed by atoms with van der Waals surface area (Å²) in [5.74, 6) is -0.409. The van der Waals surface area contributed by atoms with E-state index in [1.165, 1.54) is 6.07 Å². The molecule has 98 valence electrons. The van der Waals surface area contributed by atoms with Crippen molar-refractivity contribution in [2.45, 2.75) is 0 Å². The zero-order valence-corrected chi connectivity index (χ0v) is 11.1. The summed E-state index contributed by atoms with van der Waals surface area (Å²) in [6.07, 6.45) is 0. The van der Waals surface area contributed by atoms with Gasteiger partial charge in [0.05, 0.1) is 23.2 Å². The number of aromatic nitrogens is 1. The van der Waals surface area contributed by atoms with Crippen molar-refractivity contribution in [2.24, 2.45) is 0 Å². The van der Waals surface area contributed by atoms with E-state index in [4.69, 9.17) is 22.1 Å². The number of hydrogen-bond donors (Lipinski definition) is 0. The van der Waals surface area contributed by atoms with Crippen LogP contribution in [0.25, 0.3) is 10.9 Å². The first-order chi connectivity index (χ1) is 9.67. The second-order valence-corrected chi connectivity index (χ2v) is 4.37. The van der Waals surface area contributed by atoms with E-state index < -0.39 is 5.91 Å². The lowest BCUT2D eigenvalue weighted by Crippen LogP contribution is -2.32. The number of hydrogen-bond acceptors (Lipinski definition) is 4. The average Bonchev–Trinajstić information content (AvgIpc) is 2.45. The van der Waals surface area contributed by atoms with Gasteiger partial charge in [-0.05, 0) is 12.1 Å². The highest BCUT2D eigenvalue weighted by Crippen LogP contribution is 2.22. The van der Waals surface area contributed by atoms with Crippen LogP contribution >= 0.6 is 11.6 Å². The van der Waals surface area contributed by atoms with Crippen molar-refractivity contribution in [3.63, 3.8) is 0 Å². The maximum Gasteiger partial charge on any atom is 0.256 e. The summed E-state index contributed by atoms with van der Waals surface area (Å²) < 4.78 is 0. The smallest absolute Gasteiger partial charge is 0.256 e. The molecule has 1 aromatic heterocycles. The van der Waals surface area contributed by atoms with Gasteiger partial charge in [0.1, 0.15) is 18.2 Å². The van der Waals surface area contributed by atoms with Crippen molar-refractivity contribution >= 4 is 28.4 Å². The molecule has 0 atom stereocenters. The predicted octanol–water partition coefficient (Wildman–Crippen LogP) is 2.38. The molecule has 2 aromatic rings. The summed E-state index contributed by atoms with van der Waals surface area (Å²) in [7, 11) is 0. The Kier molecular flexibility index (Phi) is 4.14. The van der Waals surface area contributed by atoms with Gasteiger partial charge >= 0.3 is 0 Å². The van der Waals surface area contributed by atoms with Crippen LogP contribution in [0.15, 0.2) is 30.3 Å². The van der Waals surface area contributed by atoms with Crippen molar-refractivity contribution in [1.29, 1.82) is 10.5 Å². The van der Waals surface area contributed by atoms with Crippen LogP contribution in [0.4, 0.5) is 0 Å². The molecule has 0 N–H and O–H groups in total. The number of amides is 1. The minimum atomic E-state index is -0.409. The maximum absolute atomic E-state index is 12.4. The molecule has 0 spiro atoms. The molecule has 0 unspecified atom stereocenters. The molecule has 0 saturated heterocycles. The number of benzene rings is 1. The Balaban J connectivity index is 2.54. The van der Waals surface area contributed by atoms with Crippen molar-refractivity contribution < 1.29 is 4.79 Å². The quantitative estimate of drug-likeness (QED) is 0.640. The predicted molar refractivity (Wildman–Crippen MR) is 73.9 cm³/mol. The molecule has 2 rings (SSSR count). The fourth-order valence-electron chi connectivity index (χ4n) is 1.86. The molecule has 0 aliphatic rings. The van der Waals surface area contributed by atoms with Crippen LogP contribution in [0.2, 0.25) is 5.15 Å². The van der Waals surface area contributed by atoms with Gasteiger partial charge in [0.25, 0.3) is 5.91 Å². The van der Waals surface area contributed by atoms with Gasteiger partial charge in [-0.25, -0.2) is 4.98 Å². The summed E-state index contributed by atoms with van der Waals surface area (Å²) in [5.41, 5.74) is 0.934. The van der Waals surface area contributed by atoms with Crippen molar-refractivity contribution in [1.82, 2.24) is 9.88 Å². The minimum Gasteiger partial charge on any atom is -0.312 e. The first-order valence-corrected chi connectivity index (χ1v) is 6.13. The topological polar surface area (TPSA) is 80.8 Å². The first-order valence-electron chi connectivity index (χ1n) is 5.76. The Morgan fingerprint density at radius 1 is 1.25 bits per heavy atom. The van der Waals surface area contributed by atoms with Crippen LogP contribution in [-0.4, -0.2) is 28.9 Å². The van der Waals surface area contributed by atoms with E-state index in [1.807, 2.05) is 12.1 Å². The summed E-state index contributed by atoms with van der Waals surface area (Å²) >= 11 is 5.91. The Labute approximate surface area is 120 Å². The fourth-order valence-corrected chi connectivity index (χ4v) is 2.06. The molecule has 5 nitrogen and oxygen atoms in total. The number of carbonyl (C=O) groups is 1. The van der Waals surface area contributed by atoms with E-state index >= 15 is 0 Å². The monoisotopic (exact) mass is 284 g/mol. The first kappa shape index (κ1) is 13.8. The lowest BCUT2D eigenvalue weighted by Gasteiger charge is -2.17. The second-order valence-electron chi connectivity index (χ2n) is 3.99. The lowest BCUT2D eigenvalue weighted by molar-refractivity contribution is 0.0796. The fraction of sp³-hybridized carbons (Fsp3) is 0.143. The molecule has 1 amide bonds. The molecular weight excluding hydrogens is 276 g/mol. The minimum absolute atomic E-state index is 0.152. The number of nitrogens with zero attached hydrogens (tertiary/aromatic N) is 4. The number of fused-ring (bicyclic) bond motifs is 1. The van der Waals surface area contributed by atoms with Crippen LogP contribution < -0.4 is 0 Å². The van der Waals surface area contributed by atoms with Gasteiger partial charge in [-0.15, -0.1) is 0 Å². The van der Waals surface area contributed by atoms with Gasteiger partial charge in [0.15, 0.2) is 0 Å². The molecule has 0 radical (unpaired) electrons. The van der Waals surface area contributed by atoms with E-state index in [-0.39, 0.29) is 18.2 Å². The zero-order chi connectivity index (χ0) is 14.5. The molecule has 0 saturated carbocycles. The lowest BCUT2D eigenvalue weighted by atomic mass is 10.1. The van der Waals surface area contributed by atoms with E-state index in [2.05, 4.69) is 4.98 Å². The van der Waals surface area contributed by atoms with E-state index in [0.717, 1.165) is 4.90 Å². The molecule has 1 heterocycles. The molecule has 0 aliphatic heterocycles. The van der Waals surface area contributed by atoms with E-state index in [0.29, 0.717) is 16.5 Å². The Bertz CT molecular complexity index is 729. The Hall–Kier alpha value is -2.63. The number of rotatable bonds is 3. The van der Waals surface area contributed by atoms with Crippen molar-refractivity contribution in [3.8, 4) is 12.1 Å². The summed E-state index contributed by atoms with van der Waals surface area (Å²) in [6, 6.07) is 12.3. The zero-order valence-electron chi connectivity index (χ0n) is 10.4. The van der Waals surface area contributed by atoms with Gasteiger partial charge in [-0.1, -0.05) is 29.8 Å². The van der Waals surface area contributed by atoms with Crippen molar-refractivity contribution in [3.05, 3.63) is 41.0 Å². The van der Waals surface area contributed by atoms with Gasteiger partial charge in [0.2, 0.25) is 0 Å². The summed E-state index contributed by atoms with van der Waals surface area (Å²) in [4.78, 5) is 17.7. The number of para-hydroxylation sites is 1. The summed E-state index contributed by atoms with van der Waals surface area (Å²) in [5, 5.41) is 18.3. The standard InChI is InChI=1S/C14H9ClN4O/c15-13-9-11(10-3-1-2-4-12(10)18-13)14(20)19(7-5-16)8-6-17/h1-4,9H,7-8H2. The van der Waals surface area contributed by atoms with Crippen LogP contribution in [0.5, 0.6) is 0 Å². The van der Waals surface area contributed by atoms with Gasteiger partial charge in [0, 0.05) is 5.39 Å². The molecule has 0 bridgehead atoms. The normalized spacial score (nSPS) is 9.75. The largest absolute Gasteiger partial charge is 0.312 e. The molecule has 1 aromatic carbocycles. The maximum atomic E-state index is 12.4. The average molecular weight is 285 g/mol. The Morgan fingerprint density at radius 3 is 2.55 bits per heavy atom. The number of carbonyl (C=O) groups excluding carboxylic acids is 1. The van der Waals surface area contributed by atoms with Crippen LogP contribution in [-0.2, 0) is 0 Å². The number of halogens is 1. The SMILES string of the molecule is N#CCN(CC#N)C(=O)c1cc(Cl)nc2ccccc12. The Morgan fingerprint density at radius 2 is 1.90 bits per heavy atom. The van der Waals surface area contributed by atoms with Gasteiger partial charge in [-0.2, -0.15) is 10.5 Å². The van der Waals surface area contributed by atoms with Gasteiger partial charge < -0.3 is 4.90 Å². The molecule has 0 aliphatic carbocycles. The number of nitriles is 2. The summed E-state index contributed by atoms with van der Waals surface area (Å²) in [6.45, 7) is -0.304. The molecule has 20 heavy (non-hydrogen) atoms. The van der Waals surface area contributed by atoms with Crippen LogP contribution in [0.3, 0.4) is 0 Å². The molecule has 0 fully saturated rings. The van der Waals surface area contributed by atoms with Crippen LogP contribution in [0.1, 0.15) is 10.4 Å². The van der Waals surface area contributed by atoms with Gasteiger partial charge in [-0.3, -0.25) is 4.79 Å². The highest BCUT2D eigenvalue weighted by molar-refractivity contribution is 6.30. The number of pyridine rings is 1. The third-order valence-corrected chi connectivity index (χ3v) is 2.92. The van der Waals surface area contributed by atoms with Crippen LogP contribution in [0, 0.1) is 22.7 Å². The molecular formula is C14H9ClN4O. The van der Waals surface area contributed by atoms with E-state index in [9.17, 15) is 4.79 Å². The third-order valence-electron chi connectivity index (χ3n) is 2.73.